The first-order valence-electron chi connectivity index (χ1n) is 7.08. The maximum Gasteiger partial charge on any atom is 0.142 e. The summed E-state index contributed by atoms with van der Waals surface area (Å²) in [7, 11) is 0. The van der Waals surface area contributed by atoms with E-state index in [-0.39, 0.29) is 11.9 Å². The average Bonchev–Trinajstić information content (AvgIpc) is 2.47. The number of ether oxygens (including phenoxy) is 1. The Hall–Kier alpha value is -1.74. The molecule has 0 spiro atoms. The van der Waals surface area contributed by atoms with Gasteiger partial charge in [-0.3, -0.25) is 0 Å². The normalized spacial score (nSPS) is 12.0. The van der Waals surface area contributed by atoms with Crippen LogP contribution in [0.5, 0.6) is 5.75 Å². The van der Waals surface area contributed by atoms with Crippen LogP contribution in [0.4, 0.5) is 10.1 Å². The Morgan fingerprint density at radius 2 is 2.00 bits per heavy atom. The van der Waals surface area contributed by atoms with Gasteiger partial charge in [0, 0.05) is 5.02 Å². The number of hydrogen-bond acceptors (Lipinski definition) is 2. The zero-order valence-electron chi connectivity index (χ0n) is 12.2. The molecule has 2 aromatic carbocycles. The van der Waals surface area contributed by atoms with E-state index in [1.807, 2.05) is 32.0 Å². The molecular weight excluding hydrogens is 289 g/mol. The Kier molecular flexibility index (Phi) is 5.45. The van der Waals surface area contributed by atoms with E-state index < -0.39 is 0 Å². The molecule has 1 atom stereocenters. The van der Waals surface area contributed by atoms with Crippen LogP contribution in [0.15, 0.2) is 42.5 Å². The van der Waals surface area contributed by atoms with Gasteiger partial charge in [0.25, 0.3) is 0 Å². The summed E-state index contributed by atoms with van der Waals surface area (Å²) in [5.41, 5.74) is 1.72. The highest BCUT2D eigenvalue weighted by molar-refractivity contribution is 6.30. The van der Waals surface area contributed by atoms with Gasteiger partial charge in [-0.05, 0) is 49.2 Å². The van der Waals surface area contributed by atoms with Crippen LogP contribution in [0.3, 0.4) is 0 Å². The van der Waals surface area contributed by atoms with Crippen LogP contribution in [0.25, 0.3) is 0 Å². The van der Waals surface area contributed by atoms with E-state index >= 15 is 0 Å². The van der Waals surface area contributed by atoms with Gasteiger partial charge < -0.3 is 10.1 Å². The summed E-state index contributed by atoms with van der Waals surface area (Å²) in [6.45, 7) is 4.56. The highest BCUT2D eigenvalue weighted by Gasteiger charge is 2.13. The zero-order valence-corrected chi connectivity index (χ0v) is 13.0. The summed E-state index contributed by atoms with van der Waals surface area (Å²) >= 11 is 6.06. The van der Waals surface area contributed by atoms with Crippen LogP contribution in [0, 0.1) is 5.82 Å². The van der Waals surface area contributed by atoms with E-state index in [4.69, 9.17) is 16.3 Å². The van der Waals surface area contributed by atoms with Gasteiger partial charge >= 0.3 is 0 Å². The molecule has 0 aliphatic rings. The monoisotopic (exact) mass is 307 g/mol. The number of nitrogens with one attached hydrogen (secondary N) is 1. The first-order valence-corrected chi connectivity index (χ1v) is 7.46. The lowest BCUT2D eigenvalue weighted by Crippen LogP contribution is -2.11. The second-order valence-electron chi connectivity index (χ2n) is 4.73. The van der Waals surface area contributed by atoms with Gasteiger partial charge in [0.05, 0.1) is 18.3 Å². The van der Waals surface area contributed by atoms with Gasteiger partial charge in [0.1, 0.15) is 11.6 Å². The van der Waals surface area contributed by atoms with Gasteiger partial charge in [0.2, 0.25) is 0 Å². The number of rotatable bonds is 6. The summed E-state index contributed by atoms with van der Waals surface area (Å²) in [5, 5.41) is 4.02. The van der Waals surface area contributed by atoms with Gasteiger partial charge in [-0.15, -0.1) is 0 Å². The zero-order chi connectivity index (χ0) is 15.2. The predicted octanol–water partition coefficient (Wildman–Crippen LogP) is 5.44. The standard InChI is InChI=1S/C17H19ClFNO/c1-3-15(12-6-5-7-14(19)10-12)20-16-11-13(18)8-9-17(16)21-4-2/h5-11,15,20H,3-4H2,1-2H3. The average molecular weight is 308 g/mol. The van der Waals surface area contributed by atoms with Gasteiger partial charge in [-0.2, -0.15) is 0 Å². The van der Waals surface area contributed by atoms with Gasteiger partial charge in [-0.1, -0.05) is 30.7 Å². The van der Waals surface area contributed by atoms with E-state index in [2.05, 4.69) is 5.32 Å². The number of halogens is 2. The summed E-state index contributed by atoms with van der Waals surface area (Å²) in [6.07, 6.45) is 0.821. The molecule has 4 heteroatoms. The number of anilines is 1. The molecule has 0 saturated carbocycles. The summed E-state index contributed by atoms with van der Waals surface area (Å²) in [5.74, 6) is 0.514. The van der Waals surface area contributed by atoms with E-state index in [0.717, 1.165) is 23.4 Å². The largest absolute Gasteiger partial charge is 0.492 e. The fourth-order valence-electron chi connectivity index (χ4n) is 2.23. The van der Waals surface area contributed by atoms with Crippen molar-refractivity contribution in [3.8, 4) is 5.75 Å². The third-order valence-electron chi connectivity index (χ3n) is 3.23. The molecule has 2 nitrogen and oxygen atoms in total. The van der Waals surface area contributed by atoms with Crippen molar-refractivity contribution >= 4 is 17.3 Å². The minimum atomic E-state index is -0.233. The highest BCUT2D eigenvalue weighted by Crippen LogP contribution is 2.32. The smallest absolute Gasteiger partial charge is 0.142 e. The van der Waals surface area contributed by atoms with Crippen molar-refractivity contribution in [1.29, 1.82) is 0 Å². The molecule has 2 rings (SSSR count). The highest BCUT2D eigenvalue weighted by atomic mass is 35.5. The molecule has 112 valence electrons. The van der Waals surface area contributed by atoms with Crippen molar-refractivity contribution in [3.05, 3.63) is 58.9 Å². The Labute approximate surface area is 129 Å². The van der Waals surface area contributed by atoms with E-state index in [1.54, 1.807) is 18.2 Å². The first kappa shape index (κ1) is 15.6. The van der Waals surface area contributed by atoms with Crippen molar-refractivity contribution in [2.75, 3.05) is 11.9 Å². The lowest BCUT2D eigenvalue weighted by atomic mass is 10.0. The molecule has 1 unspecified atom stereocenters. The maximum absolute atomic E-state index is 13.4. The molecule has 0 aliphatic heterocycles. The molecule has 0 radical (unpaired) electrons. The number of benzene rings is 2. The van der Waals surface area contributed by atoms with Crippen molar-refractivity contribution in [2.24, 2.45) is 0 Å². The maximum atomic E-state index is 13.4. The fourth-order valence-corrected chi connectivity index (χ4v) is 2.40. The minimum absolute atomic E-state index is 0.00151. The third-order valence-corrected chi connectivity index (χ3v) is 3.47. The van der Waals surface area contributed by atoms with E-state index in [0.29, 0.717) is 11.6 Å². The molecule has 1 N–H and O–H groups in total. The van der Waals surface area contributed by atoms with Crippen molar-refractivity contribution in [1.82, 2.24) is 0 Å². The fraction of sp³-hybridized carbons (Fsp3) is 0.294. The Balaban J connectivity index is 2.28. The summed E-state index contributed by atoms with van der Waals surface area (Å²) in [6, 6.07) is 12.1. The molecule has 0 saturated heterocycles. The topological polar surface area (TPSA) is 21.3 Å². The minimum Gasteiger partial charge on any atom is -0.492 e. The van der Waals surface area contributed by atoms with Crippen LogP contribution >= 0.6 is 11.6 Å². The lowest BCUT2D eigenvalue weighted by Gasteiger charge is -2.21. The Morgan fingerprint density at radius 3 is 2.67 bits per heavy atom. The van der Waals surface area contributed by atoms with Crippen LogP contribution in [0.1, 0.15) is 31.9 Å². The number of hydrogen-bond donors (Lipinski definition) is 1. The molecule has 2 aromatic rings. The predicted molar refractivity (Wildman–Crippen MR) is 85.7 cm³/mol. The third kappa shape index (κ3) is 4.11. The van der Waals surface area contributed by atoms with Crippen molar-refractivity contribution < 1.29 is 9.13 Å². The molecular formula is C17H19ClFNO. The van der Waals surface area contributed by atoms with Crippen LogP contribution < -0.4 is 10.1 Å². The summed E-state index contributed by atoms with van der Waals surface area (Å²) < 4.78 is 19.0. The van der Waals surface area contributed by atoms with Crippen LogP contribution in [-0.2, 0) is 0 Å². The summed E-state index contributed by atoms with van der Waals surface area (Å²) in [4.78, 5) is 0. The first-order chi connectivity index (χ1) is 10.1. The Bertz CT molecular complexity index is 603. The van der Waals surface area contributed by atoms with Gasteiger partial charge in [-0.25, -0.2) is 4.39 Å². The van der Waals surface area contributed by atoms with Crippen molar-refractivity contribution in [3.63, 3.8) is 0 Å². The van der Waals surface area contributed by atoms with Crippen LogP contribution in [-0.4, -0.2) is 6.61 Å². The molecule has 0 heterocycles. The molecule has 0 bridgehead atoms. The van der Waals surface area contributed by atoms with Crippen molar-refractivity contribution in [2.45, 2.75) is 26.3 Å². The molecule has 0 fully saturated rings. The molecule has 0 aliphatic carbocycles. The molecule has 0 aromatic heterocycles. The molecule has 0 amide bonds. The quantitative estimate of drug-likeness (QED) is 0.767. The van der Waals surface area contributed by atoms with Crippen LogP contribution in [0.2, 0.25) is 5.02 Å². The van der Waals surface area contributed by atoms with Gasteiger partial charge in [0.15, 0.2) is 0 Å². The second-order valence-corrected chi connectivity index (χ2v) is 5.17. The second kappa shape index (κ2) is 7.32. The van der Waals surface area contributed by atoms with E-state index in [9.17, 15) is 4.39 Å². The lowest BCUT2D eigenvalue weighted by molar-refractivity contribution is 0.341. The SMILES string of the molecule is CCOc1ccc(Cl)cc1NC(CC)c1cccc(F)c1. The molecule has 21 heavy (non-hydrogen) atoms. The Morgan fingerprint density at radius 1 is 1.19 bits per heavy atom. The van der Waals surface area contributed by atoms with E-state index in [1.165, 1.54) is 6.07 Å².